The zero-order chi connectivity index (χ0) is 14.4. The van der Waals surface area contributed by atoms with Gasteiger partial charge in [-0.15, -0.1) is 11.3 Å². The third-order valence-corrected chi connectivity index (χ3v) is 3.86. The van der Waals surface area contributed by atoms with Gasteiger partial charge in [0.2, 0.25) is 0 Å². The lowest BCUT2D eigenvalue weighted by Crippen LogP contribution is -2.01. The molecule has 0 spiro atoms. The van der Waals surface area contributed by atoms with Crippen molar-refractivity contribution in [2.45, 2.75) is 33.2 Å². The normalized spacial score (nSPS) is 12.3. The van der Waals surface area contributed by atoms with Gasteiger partial charge in [-0.1, -0.05) is 12.1 Å². The lowest BCUT2D eigenvalue weighted by Gasteiger charge is -2.07. The molecule has 5 heteroatoms. The maximum Gasteiger partial charge on any atom is 0.131 e. The van der Waals surface area contributed by atoms with Gasteiger partial charge in [0.05, 0.1) is 12.3 Å². The van der Waals surface area contributed by atoms with Crippen LogP contribution in [0.25, 0.3) is 0 Å². The molecule has 0 amide bonds. The fraction of sp³-hybridized carbons (Fsp3) is 0.400. The molecule has 1 unspecified atom stereocenters. The maximum absolute atomic E-state index is 9.08. The number of thiazole rings is 1. The first-order chi connectivity index (χ1) is 9.72. The average Bonchev–Trinajstić information content (AvgIpc) is 2.94. The molecule has 0 aliphatic rings. The highest BCUT2D eigenvalue weighted by atomic mass is 32.1. The molecule has 1 aromatic heterocycles. The Morgan fingerprint density at radius 1 is 1.40 bits per heavy atom. The van der Waals surface area contributed by atoms with Crippen LogP contribution in [0.5, 0.6) is 5.75 Å². The van der Waals surface area contributed by atoms with Crippen molar-refractivity contribution in [3.05, 3.63) is 45.9 Å². The summed E-state index contributed by atoms with van der Waals surface area (Å²) in [5.74, 6) is 0.740. The van der Waals surface area contributed by atoms with Crippen molar-refractivity contribution >= 4 is 11.3 Å². The van der Waals surface area contributed by atoms with Crippen molar-refractivity contribution in [1.29, 1.82) is 0 Å². The van der Waals surface area contributed by atoms with Crippen LogP contribution in [-0.4, -0.2) is 16.7 Å². The quantitative estimate of drug-likeness (QED) is 0.851. The minimum Gasteiger partial charge on any atom is -0.487 e. The monoisotopic (exact) mass is 293 g/mol. The van der Waals surface area contributed by atoms with Crippen LogP contribution < -0.4 is 4.74 Å². The summed E-state index contributed by atoms with van der Waals surface area (Å²) in [7, 11) is 0. The largest absolute Gasteiger partial charge is 0.487 e. The smallest absolute Gasteiger partial charge is 0.131 e. The molecule has 1 atom stereocenters. The fourth-order valence-electron chi connectivity index (χ4n) is 1.79. The van der Waals surface area contributed by atoms with Gasteiger partial charge in [0, 0.05) is 12.0 Å². The Bertz CT molecular complexity index is 541. The molecule has 1 heterocycles. The van der Waals surface area contributed by atoms with Crippen molar-refractivity contribution in [2.75, 3.05) is 6.61 Å². The standard InChI is InChI=1S/C15H19NO3S/c1-3-18-11(2)15-16-13(10-20-15)9-19-14-6-4-5-12(7-14)8-17/h4-7,10-11,17H,3,8-9H2,1-2H3. The molecule has 20 heavy (non-hydrogen) atoms. The molecule has 0 bridgehead atoms. The lowest BCUT2D eigenvalue weighted by atomic mass is 10.2. The van der Waals surface area contributed by atoms with E-state index in [1.807, 2.05) is 43.5 Å². The van der Waals surface area contributed by atoms with Crippen LogP contribution in [0.4, 0.5) is 0 Å². The zero-order valence-electron chi connectivity index (χ0n) is 11.7. The van der Waals surface area contributed by atoms with Gasteiger partial charge in [0.1, 0.15) is 23.5 Å². The second kappa shape index (κ2) is 7.38. The summed E-state index contributed by atoms with van der Waals surface area (Å²) in [5.41, 5.74) is 1.73. The molecule has 1 N–H and O–H groups in total. The SMILES string of the molecule is CCOC(C)c1nc(COc2cccc(CO)c2)cs1. The molecule has 0 aliphatic heterocycles. The van der Waals surface area contributed by atoms with Gasteiger partial charge in [0.25, 0.3) is 0 Å². The van der Waals surface area contributed by atoms with Crippen molar-refractivity contribution < 1.29 is 14.6 Å². The van der Waals surface area contributed by atoms with Crippen LogP contribution >= 0.6 is 11.3 Å². The number of rotatable bonds is 7. The van der Waals surface area contributed by atoms with E-state index in [-0.39, 0.29) is 12.7 Å². The van der Waals surface area contributed by atoms with Gasteiger partial charge in [-0.05, 0) is 31.5 Å². The maximum atomic E-state index is 9.08. The van der Waals surface area contributed by atoms with Gasteiger partial charge >= 0.3 is 0 Å². The summed E-state index contributed by atoms with van der Waals surface area (Å²) in [4.78, 5) is 4.51. The van der Waals surface area contributed by atoms with Crippen LogP contribution in [0.3, 0.4) is 0 Å². The van der Waals surface area contributed by atoms with E-state index in [9.17, 15) is 0 Å². The molecule has 0 fully saturated rings. The Balaban J connectivity index is 1.93. The van der Waals surface area contributed by atoms with E-state index in [0.29, 0.717) is 13.2 Å². The van der Waals surface area contributed by atoms with Crippen molar-refractivity contribution in [3.63, 3.8) is 0 Å². The van der Waals surface area contributed by atoms with E-state index in [0.717, 1.165) is 22.0 Å². The zero-order valence-corrected chi connectivity index (χ0v) is 12.5. The van der Waals surface area contributed by atoms with E-state index < -0.39 is 0 Å². The summed E-state index contributed by atoms with van der Waals surface area (Å²) < 4.78 is 11.2. The third kappa shape index (κ3) is 4.03. The van der Waals surface area contributed by atoms with Crippen LogP contribution in [0.15, 0.2) is 29.6 Å². The molecule has 4 nitrogen and oxygen atoms in total. The van der Waals surface area contributed by atoms with E-state index in [2.05, 4.69) is 4.98 Å². The number of hydrogen-bond acceptors (Lipinski definition) is 5. The van der Waals surface area contributed by atoms with E-state index in [1.54, 1.807) is 11.3 Å². The van der Waals surface area contributed by atoms with Crippen molar-refractivity contribution in [2.24, 2.45) is 0 Å². The molecule has 0 saturated carbocycles. The van der Waals surface area contributed by atoms with E-state index in [1.165, 1.54) is 0 Å². The highest BCUT2D eigenvalue weighted by Crippen LogP contribution is 2.22. The van der Waals surface area contributed by atoms with Crippen molar-refractivity contribution in [1.82, 2.24) is 4.98 Å². The van der Waals surface area contributed by atoms with Crippen molar-refractivity contribution in [3.8, 4) is 5.75 Å². The number of aliphatic hydroxyl groups is 1. The molecule has 0 aliphatic carbocycles. The molecule has 0 radical (unpaired) electrons. The lowest BCUT2D eigenvalue weighted by molar-refractivity contribution is 0.0760. The van der Waals surface area contributed by atoms with E-state index >= 15 is 0 Å². The molecule has 2 rings (SSSR count). The van der Waals surface area contributed by atoms with Gasteiger partial charge in [0.15, 0.2) is 0 Å². The molecule has 1 aromatic carbocycles. The summed E-state index contributed by atoms with van der Waals surface area (Å²) in [6.07, 6.45) is 0.0245. The summed E-state index contributed by atoms with van der Waals surface area (Å²) in [6.45, 7) is 5.09. The predicted octanol–water partition coefficient (Wildman–Crippen LogP) is 3.31. The molecular formula is C15H19NO3S. The Hall–Kier alpha value is -1.43. The number of aromatic nitrogens is 1. The average molecular weight is 293 g/mol. The van der Waals surface area contributed by atoms with Crippen LogP contribution in [-0.2, 0) is 18.0 Å². The summed E-state index contributed by atoms with van der Waals surface area (Å²) in [6, 6.07) is 7.42. The third-order valence-electron chi connectivity index (χ3n) is 2.80. The van der Waals surface area contributed by atoms with Gasteiger partial charge in [-0.3, -0.25) is 0 Å². The Labute approximate surface area is 123 Å². The topological polar surface area (TPSA) is 51.6 Å². The Kier molecular flexibility index (Phi) is 5.52. The highest BCUT2D eigenvalue weighted by Gasteiger charge is 2.10. The van der Waals surface area contributed by atoms with Crippen LogP contribution in [0.1, 0.15) is 36.2 Å². The highest BCUT2D eigenvalue weighted by molar-refractivity contribution is 7.09. The number of nitrogens with zero attached hydrogens (tertiary/aromatic N) is 1. The molecule has 108 valence electrons. The first-order valence-electron chi connectivity index (χ1n) is 6.61. The van der Waals surface area contributed by atoms with Gasteiger partial charge in [-0.25, -0.2) is 4.98 Å². The summed E-state index contributed by atoms with van der Waals surface area (Å²) in [5, 5.41) is 12.0. The minimum absolute atomic E-state index is 0.0178. The molecule has 2 aromatic rings. The number of ether oxygens (including phenoxy) is 2. The number of benzene rings is 1. The predicted molar refractivity (Wildman–Crippen MR) is 78.9 cm³/mol. The van der Waals surface area contributed by atoms with Crippen LogP contribution in [0.2, 0.25) is 0 Å². The van der Waals surface area contributed by atoms with Crippen LogP contribution in [0, 0.1) is 0 Å². The number of hydrogen-bond donors (Lipinski definition) is 1. The Morgan fingerprint density at radius 2 is 2.25 bits per heavy atom. The summed E-state index contributed by atoms with van der Waals surface area (Å²) >= 11 is 1.58. The Morgan fingerprint density at radius 3 is 3.00 bits per heavy atom. The minimum atomic E-state index is 0.0178. The first kappa shape index (κ1) is 15.0. The number of aliphatic hydroxyl groups excluding tert-OH is 1. The van der Waals surface area contributed by atoms with E-state index in [4.69, 9.17) is 14.6 Å². The second-order valence-corrected chi connectivity index (χ2v) is 5.26. The second-order valence-electron chi connectivity index (χ2n) is 4.37. The fourth-order valence-corrected chi connectivity index (χ4v) is 2.60. The van der Waals surface area contributed by atoms with Gasteiger partial charge in [-0.2, -0.15) is 0 Å². The molecular weight excluding hydrogens is 274 g/mol. The van der Waals surface area contributed by atoms with Gasteiger partial charge < -0.3 is 14.6 Å². The first-order valence-corrected chi connectivity index (χ1v) is 7.49. The molecule has 0 saturated heterocycles.